The van der Waals surface area contributed by atoms with Gasteiger partial charge in [-0.05, 0) is 51.2 Å². The normalized spacial score (nSPS) is 25.9. The molecule has 0 saturated heterocycles. The van der Waals surface area contributed by atoms with Gasteiger partial charge in [-0.15, -0.1) is 11.3 Å². The molecule has 16 heavy (non-hydrogen) atoms. The van der Waals surface area contributed by atoms with Crippen LogP contribution in [0.25, 0.3) is 0 Å². The fraction of sp³-hybridized carbons (Fsp3) is 0.692. The third kappa shape index (κ3) is 3.06. The zero-order valence-electron chi connectivity index (χ0n) is 10.3. The van der Waals surface area contributed by atoms with E-state index in [1.165, 1.54) is 41.0 Å². The quantitative estimate of drug-likeness (QED) is 0.849. The van der Waals surface area contributed by atoms with E-state index in [4.69, 9.17) is 5.73 Å². The highest BCUT2D eigenvalue weighted by Gasteiger charge is 2.17. The van der Waals surface area contributed by atoms with Crippen LogP contribution in [-0.2, 0) is 6.54 Å². The van der Waals surface area contributed by atoms with Gasteiger partial charge in [-0.25, -0.2) is 0 Å². The Morgan fingerprint density at radius 2 is 2.00 bits per heavy atom. The summed E-state index contributed by atoms with van der Waals surface area (Å²) in [5.74, 6) is 0. The van der Waals surface area contributed by atoms with E-state index in [9.17, 15) is 0 Å². The van der Waals surface area contributed by atoms with Gasteiger partial charge in [-0.3, -0.25) is 0 Å². The van der Waals surface area contributed by atoms with E-state index >= 15 is 0 Å². The predicted octanol–water partition coefficient (Wildman–Crippen LogP) is 2.72. The largest absolute Gasteiger partial charge is 0.328 e. The Kier molecular flexibility index (Phi) is 4.00. The van der Waals surface area contributed by atoms with Crippen LogP contribution >= 0.6 is 11.3 Å². The van der Waals surface area contributed by atoms with Crippen molar-refractivity contribution in [1.82, 2.24) is 5.32 Å². The SMILES string of the molecule is Cc1cc(CNC2CCC(N)CC2)sc1C. The standard InChI is InChI=1S/C13H22N2S/c1-9-7-13(16-10(9)2)8-15-12-5-3-11(14)4-6-12/h7,11-12,15H,3-6,8,14H2,1-2H3. The molecule has 0 spiro atoms. The van der Waals surface area contributed by atoms with Gasteiger partial charge in [0.2, 0.25) is 0 Å². The lowest BCUT2D eigenvalue weighted by molar-refractivity contribution is 0.342. The minimum atomic E-state index is 0.448. The van der Waals surface area contributed by atoms with E-state index in [0.717, 1.165) is 6.54 Å². The first-order valence-electron chi connectivity index (χ1n) is 6.20. The fourth-order valence-corrected chi connectivity index (χ4v) is 3.31. The third-order valence-corrected chi connectivity index (χ3v) is 4.71. The van der Waals surface area contributed by atoms with Gasteiger partial charge in [-0.2, -0.15) is 0 Å². The van der Waals surface area contributed by atoms with Crippen molar-refractivity contribution in [3.8, 4) is 0 Å². The summed E-state index contributed by atoms with van der Waals surface area (Å²) in [5, 5.41) is 3.65. The monoisotopic (exact) mass is 238 g/mol. The Labute approximate surface area is 102 Å². The molecule has 1 saturated carbocycles. The van der Waals surface area contributed by atoms with Gasteiger partial charge in [0, 0.05) is 28.4 Å². The first-order chi connectivity index (χ1) is 7.65. The van der Waals surface area contributed by atoms with Crippen LogP contribution in [-0.4, -0.2) is 12.1 Å². The summed E-state index contributed by atoms with van der Waals surface area (Å²) in [6, 6.07) is 3.44. The molecular formula is C13H22N2S. The number of thiophene rings is 1. The highest BCUT2D eigenvalue weighted by Crippen LogP contribution is 2.22. The number of nitrogens with two attached hydrogens (primary N) is 1. The second-order valence-corrected chi connectivity index (χ2v) is 6.29. The molecule has 1 aromatic rings. The fourth-order valence-electron chi connectivity index (χ4n) is 2.31. The molecule has 3 heteroatoms. The molecule has 0 aromatic carbocycles. The van der Waals surface area contributed by atoms with E-state index in [1.54, 1.807) is 0 Å². The van der Waals surface area contributed by atoms with Crippen molar-refractivity contribution < 1.29 is 0 Å². The van der Waals surface area contributed by atoms with Crippen LogP contribution in [0.15, 0.2) is 6.07 Å². The Balaban J connectivity index is 1.79. The highest BCUT2D eigenvalue weighted by molar-refractivity contribution is 7.12. The smallest absolute Gasteiger partial charge is 0.0302 e. The van der Waals surface area contributed by atoms with E-state index in [-0.39, 0.29) is 0 Å². The maximum absolute atomic E-state index is 5.90. The number of nitrogens with one attached hydrogen (secondary N) is 1. The van der Waals surface area contributed by atoms with Gasteiger partial charge in [0.05, 0.1) is 0 Å². The van der Waals surface area contributed by atoms with E-state index < -0.39 is 0 Å². The minimum absolute atomic E-state index is 0.448. The lowest BCUT2D eigenvalue weighted by Crippen LogP contribution is -2.36. The first-order valence-corrected chi connectivity index (χ1v) is 7.01. The molecular weight excluding hydrogens is 216 g/mol. The molecule has 1 aromatic heterocycles. The topological polar surface area (TPSA) is 38.0 Å². The average Bonchev–Trinajstić information content (AvgIpc) is 2.58. The zero-order valence-corrected chi connectivity index (χ0v) is 11.1. The lowest BCUT2D eigenvalue weighted by atomic mass is 9.92. The summed E-state index contributed by atoms with van der Waals surface area (Å²) < 4.78 is 0. The van der Waals surface area contributed by atoms with Crippen molar-refractivity contribution >= 4 is 11.3 Å². The lowest BCUT2D eigenvalue weighted by Gasteiger charge is -2.26. The van der Waals surface area contributed by atoms with E-state index in [2.05, 4.69) is 25.2 Å². The van der Waals surface area contributed by atoms with Crippen LogP contribution in [0.5, 0.6) is 0 Å². The molecule has 90 valence electrons. The predicted molar refractivity (Wildman–Crippen MR) is 70.9 cm³/mol. The van der Waals surface area contributed by atoms with Crippen molar-refractivity contribution in [2.45, 2.75) is 58.2 Å². The van der Waals surface area contributed by atoms with Crippen molar-refractivity contribution in [3.05, 3.63) is 21.4 Å². The van der Waals surface area contributed by atoms with Crippen molar-refractivity contribution in [2.24, 2.45) is 5.73 Å². The summed E-state index contributed by atoms with van der Waals surface area (Å²) >= 11 is 1.92. The average molecular weight is 238 g/mol. The number of hydrogen-bond donors (Lipinski definition) is 2. The van der Waals surface area contributed by atoms with E-state index in [0.29, 0.717) is 12.1 Å². The van der Waals surface area contributed by atoms with Crippen molar-refractivity contribution in [2.75, 3.05) is 0 Å². The Hall–Kier alpha value is -0.380. The second-order valence-electron chi connectivity index (χ2n) is 4.94. The first kappa shape index (κ1) is 12.1. The summed E-state index contributed by atoms with van der Waals surface area (Å²) in [6.45, 7) is 5.41. The molecule has 2 rings (SSSR count). The second kappa shape index (κ2) is 5.30. The molecule has 0 bridgehead atoms. The van der Waals surface area contributed by atoms with Gasteiger partial charge in [0.1, 0.15) is 0 Å². The number of rotatable bonds is 3. The minimum Gasteiger partial charge on any atom is -0.328 e. The Morgan fingerprint density at radius 1 is 1.31 bits per heavy atom. The molecule has 1 fully saturated rings. The summed E-state index contributed by atoms with van der Waals surface area (Å²) in [7, 11) is 0. The van der Waals surface area contributed by atoms with E-state index in [1.807, 2.05) is 11.3 Å². The van der Waals surface area contributed by atoms with Crippen molar-refractivity contribution in [3.63, 3.8) is 0 Å². The Morgan fingerprint density at radius 3 is 2.56 bits per heavy atom. The van der Waals surface area contributed by atoms with Crippen LogP contribution in [0.3, 0.4) is 0 Å². The maximum Gasteiger partial charge on any atom is 0.0302 e. The zero-order chi connectivity index (χ0) is 11.5. The maximum atomic E-state index is 5.90. The Bertz CT molecular complexity index is 318. The molecule has 0 atom stereocenters. The van der Waals surface area contributed by atoms with Gasteiger partial charge in [0.15, 0.2) is 0 Å². The molecule has 2 nitrogen and oxygen atoms in total. The molecule has 0 radical (unpaired) electrons. The molecule has 0 amide bonds. The number of hydrogen-bond acceptors (Lipinski definition) is 3. The van der Waals surface area contributed by atoms with Crippen LogP contribution in [0.2, 0.25) is 0 Å². The van der Waals surface area contributed by atoms with Crippen molar-refractivity contribution in [1.29, 1.82) is 0 Å². The van der Waals surface area contributed by atoms with Crippen LogP contribution < -0.4 is 11.1 Å². The molecule has 3 N–H and O–H groups in total. The molecule has 1 aliphatic rings. The summed E-state index contributed by atoms with van der Waals surface area (Å²) in [6.07, 6.45) is 4.84. The summed E-state index contributed by atoms with van der Waals surface area (Å²) in [4.78, 5) is 2.91. The molecule has 1 heterocycles. The summed E-state index contributed by atoms with van der Waals surface area (Å²) in [5.41, 5.74) is 7.33. The van der Waals surface area contributed by atoms with Gasteiger partial charge in [-0.1, -0.05) is 0 Å². The van der Waals surface area contributed by atoms with Gasteiger partial charge in [0.25, 0.3) is 0 Å². The highest BCUT2D eigenvalue weighted by atomic mass is 32.1. The third-order valence-electron chi connectivity index (χ3n) is 3.55. The van der Waals surface area contributed by atoms with Crippen LogP contribution in [0, 0.1) is 13.8 Å². The molecule has 1 aliphatic carbocycles. The van der Waals surface area contributed by atoms with Gasteiger partial charge < -0.3 is 11.1 Å². The molecule has 0 aliphatic heterocycles. The van der Waals surface area contributed by atoms with Gasteiger partial charge >= 0.3 is 0 Å². The van der Waals surface area contributed by atoms with Crippen LogP contribution in [0.4, 0.5) is 0 Å². The van der Waals surface area contributed by atoms with Crippen LogP contribution in [0.1, 0.15) is 41.0 Å². The molecule has 0 unspecified atom stereocenters. The number of aryl methyl sites for hydroxylation is 2.